The van der Waals surface area contributed by atoms with Crippen LogP contribution in [0.1, 0.15) is 59.8 Å². The average molecular weight is 284 g/mol. The third kappa shape index (κ3) is 6.73. The Morgan fingerprint density at radius 2 is 1.40 bits per heavy atom. The molecule has 4 heteroatoms. The highest BCUT2D eigenvalue weighted by atomic mass is 16.5. The first kappa shape index (κ1) is 18.7. The Kier molecular flexibility index (Phi) is 8.19. The van der Waals surface area contributed by atoms with Crippen LogP contribution in [-0.2, 0) is 19.1 Å². The number of hydrogen-bond acceptors (Lipinski definition) is 4. The van der Waals surface area contributed by atoms with Crippen molar-refractivity contribution in [2.75, 3.05) is 14.2 Å². The molecule has 0 saturated carbocycles. The first-order chi connectivity index (χ1) is 9.26. The van der Waals surface area contributed by atoms with Gasteiger partial charge in [0.25, 0.3) is 0 Å². The molecule has 0 amide bonds. The van der Waals surface area contributed by atoms with Crippen LogP contribution in [0.3, 0.4) is 0 Å². The predicted molar refractivity (Wildman–Crippen MR) is 79.3 cm³/mol. The average Bonchev–Trinajstić information content (AvgIpc) is 2.38. The van der Waals surface area contributed by atoms with E-state index in [0.717, 1.165) is 19.3 Å². The smallest absolute Gasteiger partial charge is 0.334 e. The Labute approximate surface area is 122 Å². The van der Waals surface area contributed by atoms with E-state index >= 15 is 0 Å². The molecule has 0 aliphatic carbocycles. The molecule has 0 unspecified atom stereocenters. The second-order valence-electron chi connectivity index (χ2n) is 6.13. The number of methoxy groups -OCH3 is 2. The molecule has 0 aromatic heterocycles. The largest absolute Gasteiger partial charge is 0.466 e. The molecule has 0 aromatic rings. The van der Waals surface area contributed by atoms with Crippen LogP contribution < -0.4 is 0 Å². The van der Waals surface area contributed by atoms with Gasteiger partial charge >= 0.3 is 11.9 Å². The van der Waals surface area contributed by atoms with Crippen molar-refractivity contribution < 1.29 is 19.1 Å². The highest BCUT2D eigenvalue weighted by molar-refractivity contribution is 6.00. The van der Waals surface area contributed by atoms with Crippen LogP contribution in [0.25, 0.3) is 0 Å². The van der Waals surface area contributed by atoms with Gasteiger partial charge in [0, 0.05) is 11.1 Å². The minimum absolute atomic E-state index is 0.104. The maximum atomic E-state index is 12.0. The molecule has 0 fully saturated rings. The number of rotatable bonds is 7. The van der Waals surface area contributed by atoms with E-state index in [9.17, 15) is 9.59 Å². The van der Waals surface area contributed by atoms with Gasteiger partial charge in [-0.05, 0) is 24.7 Å². The van der Waals surface area contributed by atoms with Crippen LogP contribution in [0.15, 0.2) is 11.1 Å². The summed E-state index contributed by atoms with van der Waals surface area (Å²) in [5.74, 6) is -0.859. The summed E-state index contributed by atoms with van der Waals surface area (Å²) in [6.07, 6.45) is 3.99. The SMILES string of the molecule is CCCCCC(C(=O)OC)=C(CC(C)(C)C)C(=O)OC. The Morgan fingerprint density at radius 3 is 1.80 bits per heavy atom. The third-order valence-electron chi connectivity index (χ3n) is 2.97. The summed E-state index contributed by atoms with van der Waals surface area (Å²) < 4.78 is 9.66. The molecule has 0 saturated heterocycles. The van der Waals surface area contributed by atoms with E-state index in [2.05, 4.69) is 6.92 Å². The summed E-state index contributed by atoms with van der Waals surface area (Å²) in [4.78, 5) is 24.0. The fourth-order valence-corrected chi connectivity index (χ4v) is 2.01. The quantitative estimate of drug-likeness (QED) is 0.407. The van der Waals surface area contributed by atoms with E-state index in [1.807, 2.05) is 20.8 Å². The van der Waals surface area contributed by atoms with Crippen molar-refractivity contribution in [2.24, 2.45) is 5.41 Å². The maximum absolute atomic E-state index is 12.0. The van der Waals surface area contributed by atoms with Crippen LogP contribution in [0.5, 0.6) is 0 Å². The predicted octanol–water partition coefficient (Wildman–Crippen LogP) is 3.65. The van der Waals surface area contributed by atoms with Gasteiger partial charge in [-0.1, -0.05) is 40.5 Å². The summed E-state index contributed by atoms with van der Waals surface area (Å²) in [5, 5.41) is 0. The number of hydrogen-bond donors (Lipinski definition) is 0. The Morgan fingerprint density at radius 1 is 0.900 bits per heavy atom. The zero-order valence-electron chi connectivity index (χ0n) is 13.7. The van der Waals surface area contributed by atoms with E-state index in [4.69, 9.17) is 9.47 Å². The highest BCUT2D eigenvalue weighted by Crippen LogP contribution is 2.29. The van der Waals surface area contributed by atoms with Gasteiger partial charge in [-0.15, -0.1) is 0 Å². The van der Waals surface area contributed by atoms with Gasteiger partial charge < -0.3 is 9.47 Å². The van der Waals surface area contributed by atoms with Gasteiger partial charge in [0.1, 0.15) is 0 Å². The molecule has 0 aliphatic rings. The fraction of sp³-hybridized carbons (Fsp3) is 0.750. The molecule has 0 atom stereocenters. The molecule has 0 spiro atoms. The molecule has 0 bridgehead atoms. The van der Waals surface area contributed by atoms with Crippen molar-refractivity contribution >= 4 is 11.9 Å². The van der Waals surface area contributed by atoms with Gasteiger partial charge in [-0.2, -0.15) is 0 Å². The third-order valence-corrected chi connectivity index (χ3v) is 2.97. The van der Waals surface area contributed by atoms with E-state index in [1.165, 1.54) is 14.2 Å². The highest BCUT2D eigenvalue weighted by Gasteiger charge is 2.26. The number of carbonyl (C=O) groups excluding carboxylic acids is 2. The summed E-state index contributed by atoms with van der Waals surface area (Å²) in [6, 6.07) is 0. The number of carbonyl (C=O) groups is 2. The Bertz CT molecular complexity index is 361. The van der Waals surface area contributed by atoms with Crippen LogP contribution in [-0.4, -0.2) is 26.2 Å². The van der Waals surface area contributed by atoms with Crippen LogP contribution >= 0.6 is 0 Å². The lowest BCUT2D eigenvalue weighted by molar-refractivity contribution is -0.139. The fourth-order valence-electron chi connectivity index (χ4n) is 2.01. The van der Waals surface area contributed by atoms with E-state index < -0.39 is 11.9 Å². The molecule has 0 radical (unpaired) electrons. The molecule has 0 aromatic carbocycles. The number of ether oxygens (including phenoxy) is 2. The minimum Gasteiger partial charge on any atom is -0.466 e. The van der Waals surface area contributed by atoms with Crippen molar-refractivity contribution in [3.8, 4) is 0 Å². The molecule has 0 N–H and O–H groups in total. The monoisotopic (exact) mass is 284 g/mol. The number of unbranched alkanes of at least 4 members (excludes halogenated alkanes) is 2. The first-order valence-electron chi connectivity index (χ1n) is 7.15. The van der Waals surface area contributed by atoms with Crippen molar-refractivity contribution in [3.63, 3.8) is 0 Å². The Hall–Kier alpha value is -1.32. The van der Waals surface area contributed by atoms with Gasteiger partial charge in [-0.25, -0.2) is 9.59 Å². The summed E-state index contributed by atoms with van der Waals surface area (Å²) in [6.45, 7) is 8.17. The van der Waals surface area contributed by atoms with Crippen molar-refractivity contribution in [2.45, 2.75) is 59.8 Å². The van der Waals surface area contributed by atoms with Crippen LogP contribution in [0, 0.1) is 5.41 Å². The molecular weight excluding hydrogens is 256 g/mol. The van der Waals surface area contributed by atoms with Gasteiger partial charge in [0.2, 0.25) is 0 Å². The van der Waals surface area contributed by atoms with Crippen molar-refractivity contribution in [3.05, 3.63) is 11.1 Å². The lowest BCUT2D eigenvalue weighted by Crippen LogP contribution is -2.19. The van der Waals surface area contributed by atoms with E-state index in [0.29, 0.717) is 24.0 Å². The molecule has 0 rings (SSSR count). The lowest BCUT2D eigenvalue weighted by atomic mass is 9.85. The van der Waals surface area contributed by atoms with Gasteiger partial charge in [-0.3, -0.25) is 0 Å². The van der Waals surface area contributed by atoms with Crippen LogP contribution in [0.2, 0.25) is 0 Å². The van der Waals surface area contributed by atoms with Crippen molar-refractivity contribution in [1.29, 1.82) is 0 Å². The normalized spacial score (nSPS) is 12.7. The summed E-state index contributed by atoms with van der Waals surface area (Å²) in [7, 11) is 2.68. The molecule has 0 aliphatic heterocycles. The zero-order chi connectivity index (χ0) is 15.8. The minimum atomic E-state index is -0.433. The lowest BCUT2D eigenvalue weighted by Gasteiger charge is -2.21. The second kappa shape index (κ2) is 8.77. The molecule has 0 heterocycles. The van der Waals surface area contributed by atoms with E-state index in [1.54, 1.807) is 0 Å². The molecular formula is C16H28O4. The van der Waals surface area contributed by atoms with Gasteiger partial charge in [0.15, 0.2) is 0 Å². The Balaban J connectivity index is 5.47. The van der Waals surface area contributed by atoms with Gasteiger partial charge in [0.05, 0.1) is 14.2 Å². The summed E-state index contributed by atoms with van der Waals surface area (Å²) in [5.41, 5.74) is 0.804. The first-order valence-corrected chi connectivity index (χ1v) is 7.15. The van der Waals surface area contributed by atoms with Crippen LogP contribution in [0.4, 0.5) is 0 Å². The molecule has 20 heavy (non-hydrogen) atoms. The standard InChI is InChI=1S/C16H28O4/c1-7-8-9-10-12(14(17)19-5)13(15(18)20-6)11-16(2,3)4/h7-11H2,1-6H3. The zero-order valence-corrected chi connectivity index (χ0v) is 13.7. The van der Waals surface area contributed by atoms with E-state index in [-0.39, 0.29) is 5.41 Å². The molecule has 4 nitrogen and oxygen atoms in total. The molecule has 116 valence electrons. The second-order valence-corrected chi connectivity index (χ2v) is 6.13. The van der Waals surface area contributed by atoms with Crippen molar-refractivity contribution in [1.82, 2.24) is 0 Å². The topological polar surface area (TPSA) is 52.6 Å². The number of esters is 2. The maximum Gasteiger partial charge on any atom is 0.334 e. The summed E-state index contributed by atoms with van der Waals surface area (Å²) >= 11 is 0.